The molecule has 1 spiro atoms. The number of hydrogen-bond acceptors (Lipinski definition) is 7. The molecule has 2 aliphatic rings. The average molecular weight is 446 g/mol. The van der Waals surface area contributed by atoms with E-state index in [1.54, 1.807) is 23.3 Å². The van der Waals surface area contributed by atoms with Gasteiger partial charge in [0, 0.05) is 42.9 Å². The second kappa shape index (κ2) is 8.94. The van der Waals surface area contributed by atoms with Gasteiger partial charge < -0.3 is 14.4 Å². The van der Waals surface area contributed by atoms with Gasteiger partial charge in [-0.05, 0) is 30.4 Å². The Kier molecular flexibility index (Phi) is 6.27. The molecule has 2 aliphatic heterocycles. The Balaban J connectivity index is 1.48. The van der Waals surface area contributed by atoms with Gasteiger partial charge in [-0.1, -0.05) is 18.2 Å². The van der Waals surface area contributed by atoms with Crippen LogP contribution in [0.15, 0.2) is 30.3 Å². The number of fused-ring (bicyclic) bond motifs is 1. The summed E-state index contributed by atoms with van der Waals surface area (Å²) in [6.07, 6.45) is 1.06. The molecule has 2 aromatic rings. The van der Waals surface area contributed by atoms with Gasteiger partial charge in [0.05, 0.1) is 13.7 Å². The summed E-state index contributed by atoms with van der Waals surface area (Å²) in [5, 5.41) is 1.25. The SMILES string of the molecule is COCCN1C(=O)N(CC(=O)OC)C(=O)C12CCN(Cc1cc3ccccc3s1)CC2. The molecule has 4 rings (SSSR count). The Morgan fingerprint density at radius 1 is 1.16 bits per heavy atom. The molecular formula is C22H27N3O5S. The van der Waals surface area contributed by atoms with Crippen LogP contribution in [0.3, 0.4) is 0 Å². The summed E-state index contributed by atoms with van der Waals surface area (Å²) in [7, 11) is 2.81. The van der Waals surface area contributed by atoms with Crippen molar-refractivity contribution in [2.24, 2.45) is 0 Å². The zero-order valence-electron chi connectivity index (χ0n) is 17.8. The van der Waals surface area contributed by atoms with Crippen LogP contribution < -0.4 is 0 Å². The fraction of sp³-hybridized carbons (Fsp3) is 0.500. The number of benzene rings is 1. The van der Waals surface area contributed by atoms with E-state index in [-0.39, 0.29) is 12.5 Å². The number of hydrogen-bond donors (Lipinski definition) is 0. The van der Waals surface area contributed by atoms with Crippen LogP contribution in [-0.4, -0.2) is 85.2 Å². The van der Waals surface area contributed by atoms with E-state index < -0.39 is 17.5 Å². The minimum absolute atomic E-state index is 0.305. The van der Waals surface area contributed by atoms with Gasteiger partial charge in [0.25, 0.3) is 5.91 Å². The minimum Gasteiger partial charge on any atom is -0.468 e. The molecule has 0 bridgehead atoms. The van der Waals surface area contributed by atoms with E-state index in [9.17, 15) is 14.4 Å². The molecular weight excluding hydrogens is 418 g/mol. The molecule has 9 heteroatoms. The lowest BCUT2D eigenvalue weighted by molar-refractivity contribution is -0.146. The Labute approximate surface area is 185 Å². The molecule has 0 atom stereocenters. The molecule has 0 unspecified atom stereocenters. The van der Waals surface area contributed by atoms with Crippen LogP contribution in [0.25, 0.3) is 10.1 Å². The van der Waals surface area contributed by atoms with Gasteiger partial charge in [0.1, 0.15) is 12.1 Å². The summed E-state index contributed by atoms with van der Waals surface area (Å²) in [4.78, 5) is 44.3. The molecule has 1 aromatic carbocycles. The number of piperidine rings is 1. The number of methoxy groups -OCH3 is 2. The summed E-state index contributed by atoms with van der Waals surface area (Å²) >= 11 is 1.79. The number of nitrogens with zero attached hydrogens (tertiary/aromatic N) is 3. The smallest absolute Gasteiger partial charge is 0.328 e. The highest BCUT2D eigenvalue weighted by atomic mass is 32.1. The maximum atomic E-state index is 13.3. The zero-order chi connectivity index (χ0) is 22.0. The first kappa shape index (κ1) is 21.7. The van der Waals surface area contributed by atoms with Crippen molar-refractivity contribution in [1.29, 1.82) is 0 Å². The lowest BCUT2D eigenvalue weighted by atomic mass is 9.85. The fourth-order valence-electron chi connectivity index (χ4n) is 4.51. The molecule has 166 valence electrons. The standard InChI is InChI=1S/C22H27N3O5S/c1-29-12-11-25-21(28)24(15-19(26)30-2)20(27)22(25)7-9-23(10-8-22)14-17-13-16-5-3-4-6-18(16)31-17/h3-6,13H,7-12,14-15H2,1-2H3. The molecule has 8 nitrogen and oxygen atoms in total. The van der Waals surface area contributed by atoms with Crippen LogP contribution in [0, 0.1) is 0 Å². The molecule has 3 heterocycles. The lowest BCUT2D eigenvalue weighted by Crippen LogP contribution is -2.57. The quantitative estimate of drug-likeness (QED) is 0.481. The third-order valence-corrected chi connectivity index (χ3v) is 7.30. The Bertz CT molecular complexity index is 949. The van der Waals surface area contributed by atoms with E-state index in [1.807, 2.05) is 12.1 Å². The van der Waals surface area contributed by atoms with E-state index in [0.29, 0.717) is 39.1 Å². The van der Waals surface area contributed by atoms with E-state index in [0.717, 1.165) is 11.4 Å². The normalized spacial score (nSPS) is 19.0. The predicted molar refractivity (Wildman–Crippen MR) is 117 cm³/mol. The number of imide groups is 1. The first-order valence-corrected chi connectivity index (χ1v) is 11.2. The third kappa shape index (κ3) is 4.05. The summed E-state index contributed by atoms with van der Waals surface area (Å²) in [5.41, 5.74) is -0.916. The van der Waals surface area contributed by atoms with Crippen LogP contribution in [0.1, 0.15) is 17.7 Å². The summed E-state index contributed by atoms with van der Waals surface area (Å²) in [5.74, 6) is -0.909. The van der Waals surface area contributed by atoms with Crippen molar-refractivity contribution >= 4 is 39.3 Å². The number of carbonyl (C=O) groups excluding carboxylic acids is 3. The number of urea groups is 1. The largest absolute Gasteiger partial charge is 0.468 e. The molecule has 2 saturated heterocycles. The number of rotatable bonds is 7. The van der Waals surface area contributed by atoms with Crippen LogP contribution in [0.5, 0.6) is 0 Å². The molecule has 0 N–H and O–H groups in total. The maximum Gasteiger partial charge on any atom is 0.328 e. The number of carbonyl (C=O) groups is 3. The summed E-state index contributed by atoms with van der Waals surface area (Å²) < 4.78 is 11.1. The highest BCUT2D eigenvalue weighted by Gasteiger charge is 2.58. The molecule has 0 radical (unpaired) electrons. The zero-order valence-corrected chi connectivity index (χ0v) is 18.7. The van der Waals surface area contributed by atoms with E-state index in [2.05, 4.69) is 27.8 Å². The van der Waals surface area contributed by atoms with Crippen molar-refractivity contribution in [3.63, 3.8) is 0 Å². The van der Waals surface area contributed by atoms with Gasteiger partial charge in [-0.15, -0.1) is 11.3 Å². The van der Waals surface area contributed by atoms with Crippen LogP contribution in [0.2, 0.25) is 0 Å². The van der Waals surface area contributed by atoms with E-state index in [4.69, 9.17) is 4.74 Å². The van der Waals surface area contributed by atoms with Gasteiger partial charge in [0.2, 0.25) is 0 Å². The number of ether oxygens (including phenoxy) is 2. The Morgan fingerprint density at radius 2 is 1.90 bits per heavy atom. The molecule has 1 aromatic heterocycles. The van der Waals surface area contributed by atoms with Gasteiger partial charge >= 0.3 is 12.0 Å². The van der Waals surface area contributed by atoms with Gasteiger partial charge in [-0.3, -0.25) is 19.4 Å². The van der Waals surface area contributed by atoms with Gasteiger partial charge in [-0.2, -0.15) is 0 Å². The van der Waals surface area contributed by atoms with Crippen molar-refractivity contribution in [2.45, 2.75) is 24.9 Å². The molecule has 0 aliphatic carbocycles. The second-order valence-electron chi connectivity index (χ2n) is 7.95. The monoisotopic (exact) mass is 445 g/mol. The van der Waals surface area contributed by atoms with Crippen molar-refractivity contribution < 1.29 is 23.9 Å². The summed E-state index contributed by atoms with van der Waals surface area (Å²) in [6, 6.07) is 10.1. The fourth-order valence-corrected chi connectivity index (χ4v) is 5.61. The van der Waals surface area contributed by atoms with Crippen LogP contribution >= 0.6 is 11.3 Å². The average Bonchev–Trinajstić information content (AvgIpc) is 3.27. The molecule has 2 fully saturated rings. The van der Waals surface area contributed by atoms with Crippen molar-refractivity contribution in [2.75, 3.05) is 47.0 Å². The number of thiophene rings is 1. The highest BCUT2D eigenvalue weighted by Crippen LogP contribution is 2.38. The number of likely N-dealkylation sites (tertiary alicyclic amines) is 1. The minimum atomic E-state index is -0.916. The lowest BCUT2D eigenvalue weighted by Gasteiger charge is -2.42. The molecule has 0 saturated carbocycles. The Hall–Kier alpha value is -2.49. The van der Waals surface area contributed by atoms with Crippen molar-refractivity contribution in [3.8, 4) is 0 Å². The van der Waals surface area contributed by atoms with Crippen LogP contribution in [-0.2, 0) is 25.6 Å². The van der Waals surface area contributed by atoms with E-state index >= 15 is 0 Å². The Morgan fingerprint density at radius 3 is 2.58 bits per heavy atom. The summed E-state index contributed by atoms with van der Waals surface area (Å²) in [6.45, 7) is 2.51. The first-order valence-electron chi connectivity index (χ1n) is 10.4. The number of esters is 1. The van der Waals surface area contributed by atoms with E-state index in [1.165, 1.54) is 22.1 Å². The topological polar surface area (TPSA) is 79.4 Å². The van der Waals surface area contributed by atoms with Gasteiger partial charge in [0.15, 0.2) is 0 Å². The molecule has 31 heavy (non-hydrogen) atoms. The highest BCUT2D eigenvalue weighted by molar-refractivity contribution is 7.19. The third-order valence-electron chi connectivity index (χ3n) is 6.19. The molecule has 3 amide bonds. The first-order chi connectivity index (χ1) is 15.0. The van der Waals surface area contributed by atoms with Crippen molar-refractivity contribution in [3.05, 3.63) is 35.2 Å². The number of amides is 3. The van der Waals surface area contributed by atoms with Crippen LogP contribution in [0.4, 0.5) is 4.79 Å². The second-order valence-corrected chi connectivity index (χ2v) is 9.12. The maximum absolute atomic E-state index is 13.3. The van der Waals surface area contributed by atoms with Crippen molar-refractivity contribution in [1.82, 2.24) is 14.7 Å². The predicted octanol–water partition coefficient (Wildman–Crippen LogP) is 2.32. The van der Waals surface area contributed by atoms with Gasteiger partial charge in [-0.25, -0.2) is 4.79 Å².